The Balaban J connectivity index is 2.78. The Kier molecular flexibility index (Phi) is 3.64. The monoisotopic (exact) mass is 241 g/mol. The largest absolute Gasteiger partial charge is 0.368 e. The van der Waals surface area contributed by atoms with Crippen LogP contribution < -0.4 is 11.1 Å². The molecule has 0 radical (unpaired) electrons. The van der Waals surface area contributed by atoms with Crippen molar-refractivity contribution in [1.82, 2.24) is 9.69 Å². The van der Waals surface area contributed by atoms with E-state index in [-0.39, 0.29) is 5.91 Å². The maximum absolute atomic E-state index is 11.7. The van der Waals surface area contributed by atoms with Gasteiger partial charge < -0.3 is 11.1 Å². The number of amides is 2. The predicted octanol–water partition coefficient (Wildman–Crippen LogP) is 0.773. The van der Waals surface area contributed by atoms with Crippen LogP contribution in [0.2, 0.25) is 0 Å². The number of aromatic nitrogens is 1. The van der Waals surface area contributed by atoms with Crippen LogP contribution in [0.15, 0.2) is 11.4 Å². The first-order chi connectivity index (χ1) is 7.32. The van der Waals surface area contributed by atoms with Gasteiger partial charge in [0.25, 0.3) is 5.91 Å². The molecule has 0 bridgehead atoms. The van der Waals surface area contributed by atoms with E-state index in [1.165, 1.54) is 11.5 Å². The molecular weight excluding hydrogens is 226 g/mol. The Labute approximate surface area is 98.2 Å². The Hall–Kier alpha value is -1.43. The Morgan fingerprint density at radius 3 is 2.50 bits per heavy atom. The van der Waals surface area contributed by atoms with E-state index in [0.29, 0.717) is 5.69 Å². The molecule has 0 spiro atoms. The van der Waals surface area contributed by atoms with Gasteiger partial charge in [-0.05, 0) is 23.0 Å². The second kappa shape index (κ2) is 4.61. The maximum atomic E-state index is 11.7. The molecule has 0 aliphatic rings. The van der Waals surface area contributed by atoms with Crippen molar-refractivity contribution in [3.63, 3.8) is 0 Å². The summed E-state index contributed by atoms with van der Waals surface area (Å²) in [7, 11) is 0. The van der Waals surface area contributed by atoms with Crippen molar-refractivity contribution in [2.24, 2.45) is 11.1 Å². The Morgan fingerprint density at radius 1 is 1.50 bits per heavy atom. The van der Waals surface area contributed by atoms with E-state index in [2.05, 4.69) is 9.69 Å². The number of carbonyl (C=O) groups excluding carboxylic acids is 2. The van der Waals surface area contributed by atoms with E-state index in [0.717, 1.165) is 0 Å². The molecule has 1 heterocycles. The van der Waals surface area contributed by atoms with Gasteiger partial charge in [0.2, 0.25) is 5.91 Å². The summed E-state index contributed by atoms with van der Waals surface area (Å²) >= 11 is 1.18. The number of hydrogen-bond acceptors (Lipinski definition) is 4. The molecule has 0 aromatic carbocycles. The fourth-order valence-corrected chi connectivity index (χ4v) is 1.76. The van der Waals surface area contributed by atoms with E-state index in [1.54, 1.807) is 11.4 Å². The lowest BCUT2D eigenvalue weighted by Gasteiger charge is -2.28. The van der Waals surface area contributed by atoms with Crippen LogP contribution >= 0.6 is 11.5 Å². The topological polar surface area (TPSA) is 85.1 Å². The highest BCUT2D eigenvalue weighted by Gasteiger charge is 2.31. The molecule has 5 nitrogen and oxygen atoms in total. The molecule has 16 heavy (non-hydrogen) atoms. The first-order valence-corrected chi connectivity index (χ1v) is 5.66. The minimum Gasteiger partial charge on any atom is -0.368 e. The molecule has 0 unspecified atom stereocenters. The average Bonchev–Trinajstić information content (AvgIpc) is 2.63. The number of carbonyl (C=O) groups is 2. The zero-order valence-electron chi connectivity index (χ0n) is 9.48. The molecule has 88 valence electrons. The number of primary amides is 1. The molecule has 0 saturated heterocycles. The van der Waals surface area contributed by atoms with Crippen LogP contribution in [-0.2, 0) is 4.79 Å². The van der Waals surface area contributed by atoms with E-state index >= 15 is 0 Å². The summed E-state index contributed by atoms with van der Waals surface area (Å²) in [6, 6.07) is 0.891. The first kappa shape index (κ1) is 12.6. The van der Waals surface area contributed by atoms with E-state index in [4.69, 9.17) is 5.73 Å². The summed E-state index contributed by atoms with van der Waals surface area (Å²) in [5.41, 5.74) is 5.14. The van der Waals surface area contributed by atoms with Crippen molar-refractivity contribution in [2.45, 2.75) is 26.8 Å². The first-order valence-electron chi connectivity index (χ1n) is 4.83. The van der Waals surface area contributed by atoms with Gasteiger partial charge >= 0.3 is 0 Å². The summed E-state index contributed by atoms with van der Waals surface area (Å²) in [4.78, 5) is 22.9. The van der Waals surface area contributed by atoms with Crippen molar-refractivity contribution in [1.29, 1.82) is 0 Å². The van der Waals surface area contributed by atoms with Gasteiger partial charge in [-0.25, -0.2) is 0 Å². The number of nitrogens with zero attached hydrogens (tertiary/aromatic N) is 1. The van der Waals surface area contributed by atoms with Crippen molar-refractivity contribution in [3.8, 4) is 0 Å². The van der Waals surface area contributed by atoms with Gasteiger partial charge in [-0.2, -0.15) is 4.37 Å². The van der Waals surface area contributed by atoms with Crippen LogP contribution in [0.3, 0.4) is 0 Å². The van der Waals surface area contributed by atoms with Crippen LogP contribution in [0.4, 0.5) is 0 Å². The van der Waals surface area contributed by atoms with Crippen LogP contribution in [0.5, 0.6) is 0 Å². The highest BCUT2D eigenvalue weighted by molar-refractivity contribution is 7.03. The van der Waals surface area contributed by atoms with Crippen LogP contribution in [0.25, 0.3) is 0 Å². The van der Waals surface area contributed by atoms with Gasteiger partial charge in [0.15, 0.2) is 0 Å². The van der Waals surface area contributed by atoms with E-state index < -0.39 is 17.4 Å². The average molecular weight is 241 g/mol. The lowest BCUT2D eigenvalue weighted by Crippen LogP contribution is -2.52. The second-order valence-corrected chi connectivity index (χ2v) is 5.23. The van der Waals surface area contributed by atoms with E-state index in [1.807, 2.05) is 20.8 Å². The number of nitrogens with one attached hydrogen (secondary N) is 1. The third-order valence-electron chi connectivity index (χ3n) is 2.10. The fraction of sp³-hybridized carbons (Fsp3) is 0.500. The maximum Gasteiger partial charge on any atom is 0.271 e. The normalized spacial score (nSPS) is 13.2. The molecule has 0 fully saturated rings. The van der Waals surface area contributed by atoms with Crippen LogP contribution in [-0.4, -0.2) is 22.2 Å². The minimum absolute atomic E-state index is 0.306. The van der Waals surface area contributed by atoms with Crippen molar-refractivity contribution in [3.05, 3.63) is 17.1 Å². The summed E-state index contributed by atoms with van der Waals surface area (Å²) in [6.45, 7) is 5.51. The van der Waals surface area contributed by atoms with Gasteiger partial charge in [0.1, 0.15) is 11.7 Å². The molecule has 3 N–H and O–H groups in total. The SMILES string of the molecule is CC(C)(C)[C@H](NC(=O)c1ccsn1)C(N)=O. The molecule has 0 saturated carbocycles. The summed E-state index contributed by atoms with van der Waals surface area (Å²) in [5.74, 6) is -0.920. The number of hydrogen-bond donors (Lipinski definition) is 2. The third-order valence-corrected chi connectivity index (χ3v) is 2.66. The molecule has 1 atom stereocenters. The van der Waals surface area contributed by atoms with E-state index in [9.17, 15) is 9.59 Å². The highest BCUT2D eigenvalue weighted by atomic mass is 32.1. The summed E-state index contributed by atoms with van der Waals surface area (Å²) in [6.07, 6.45) is 0. The molecule has 2 amide bonds. The van der Waals surface area contributed by atoms with Gasteiger partial charge in [0, 0.05) is 5.38 Å². The molecule has 0 aliphatic carbocycles. The zero-order valence-corrected chi connectivity index (χ0v) is 10.3. The second-order valence-electron chi connectivity index (χ2n) is 4.56. The summed E-state index contributed by atoms with van der Waals surface area (Å²) in [5, 5.41) is 4.29. The quantitative estimate of drug-likeness (QED) is 0.819. The number of nitrogens with two attached hydrogens (primary N) is 1. The van der Waals surface area contributed by atoms with Crippen molar-refractivity contribution >= 4 is 23.3 Å². The lowest BCUT2D eigenvalue weighted by atomic mass is 9.86. The fourth-order valence-electron chi connectivity index (χ4n) is 1.25. The molecule has 1 aromatic rings. The lowest BCUT2D eigenvalue weighted by molar-refractivity contribution is -0.122. The third kappa shape index (κ3) is 3.03. The molecular formula is C10H15N3O2S. The van der Waals surface area contributed by atoms with Crippen molar-refractivity contribution < 1.29 is 9.59 Å². The summed E-state index contributed by atoms with van der Waals surface area (Å²) < 4.78 is 3.89. The molecule has 6 heteroatoms. The van der Waals surface area contributed by atoms with Gasteiger partial charge in [-0.3, -0.25) is 9.59 Å². The number of rotatable bonds is 3. The molecule has 1 aromatic heterocycles. The highest BCUT2D eigenvalue weighted by Crippen LogP contribution is 2.19. The standard InChI is InChI=1S/C10H15N3O2S/c1-10(2,3)7(8(11)14)12-9(15)6-4-5-16-13-6/h4-5,7H,1-3H3,(H2,11,14)(H,12,15)/t7-/m1/s1. The molecule has 1 rings (SSSR count). The molecule has 0 aliphatic heterocycles. The van der Waals surface area contributed by atoms with Crippen LogP contribution in [0.1, 0.15) is 31.3 Å². The predicted molar refractivity (Wildman–Crippen MR) is 62.0 cm³/mol. The van der Waals surface area contributed by atoms with Gasteiger partial charge in [-0.15, -0.1) is 0 Å². The zero-order chi connectivity index (χ0) is 12.3. The minimum atomic E-state index is -0.707. The Morgan fingerprint density at radius 2 is 2.12 bits per heavy atom. The Bertz CT molecular complexity index is 381. The van der Waals surface area contributed by atoms with Crippen LogP contribution in [0, 0.1) is 5.41 Å². The van der Waals surface area contributed by atoms with Gasteiger partial charge in [-0.1, -0.05) is 20.8 Å². The van der Waals surface area contributed by atoms with Gasteiger partial charge in [0.05, 0.1) is 0 Å². The van der Waals surface area contributed by atoms with Crippen molar-refractivity contribution in [2.75, 3.05) is 0 Å². The smallest absolute Gasteiger partial charge is 0.271 e.